The monoisotopic (exact) mass is 422 g/mol. The summed E-state index contributed by atoms with van der Waals surface area (Å²) in [4.78, 5) is 16.4. The van der Waals surface area contributed by atoms with E-state index in [4.69, 9.17) is 11.6 Å². The van der Waals surface area contributed by atoms with Gasteiger partial charge in [-0.1, -0.05) is 79.6 Å². The van der Waals surface area contributed by atoms with E-state index in [1.165, 1.54) is 0 Å². The van der Waals surface area contributed by atoms with Crippen LogP contribution < -0.4 is 0 Å². The van der Waals surface area contributed by atoms with Gasteiger partial charge in [-0.3, -0.25) is 4.79 Å². The van der Waals surface area contributed by atoms with E-state index in [1.54, 1.807) is 6.08 Å². The van der Waals surface area contributed by atoms with Crippen molar-refractivity contribution >= 4 is 23.6 Å². The Labute approximate surface area is 182 Å². The molecule has 0 spiro atoms. The molecule has 1 unspecified atom stereocenters. The van der Waals surface area contributed by atoms with Crippen LogP contribution in [0.1, 0.15) is 42.4 Å². The number of carboxylic acids is 1. The number of aromatic nitrogens is 2. The van der Waals surface area contributed by atoms with Crippen LogP contribution in [0.15, 0.2) is 66.9 Å². The van der Waals surface area contributed by atoms with Crippen LogP contribution in [-0.4, -0.2) is 20.6 Å². The molecule has 30 heavy (non-hydrogen) atoms. The standard InChI is InChI=1S/C25H27ClN2O2/c1-2-3-13-24-27-17-22(28(24)18-21-11-7-8-12-23(21)26)15-14-20(25(29)30)16-19-9-5-4-6-10-19/h4-12,14-15,17,20H,2-3,13,16,18H2,1H3,(H,29,30)/b15-14+. The third kappa shape index (κ3) is 5.83. The molecule has 0 saturated heterocycles. The van der Waals surface area contributed by atoms with Gasteiger partial charge in [-0.2, -0.15) is 0 Å². The molecule has 1 heterocycles. The molecule has 1 aromatic heterocycles. The van der Waals surface area contributed by atoms with Gasteiger partial charge in [-0.15, -0.1) is 0 Å². The zero-order chi connectivity index (χ0) is 21.3. The summed E-state index contributed by atoms with van der Waals surface area (Å²) in [6.45, 7) is 2.76. The molecule has 1 atom stereocenters. The van der Waals surface area contributed by atoms with Crippen molar-refractivity contribution in [1.82, 2.24) is 9.55 Å². The smallest absolute Gasteiger partial charge is 0.310 e. The lowest BCUT2D eigenvalue weighted by Gasteiger charge is -2.12. The van der Waals surface area contributed by atoms with Gasteiger partial charge in [0.2, 0.25) is 0 Å². The highest BCUT2D eigenvalue weighted by Gasteiger charge is 2.16. The Morgan fingerprint density at radius 3 is 2.60 bits per heavy atom. The van der Waals surface area contributed by atoms with Crippen molar-refractivity contribution in [2.75, 3.05) is 0 Å². The van der Waals surface area contributed by atoms with E-state index in [2.05, 4.69) is 16.5 Å². The fourth-order valence-electron chi connectivity index (χ4n) is 3.40. The summed E-state index contributed by atoms with van der Waals surface area (Å²) >= 11 is 6.38. The summed E-state index contributed by atoms with van der Waals surface area (Å²) in [6, 6.07) is 17.5. The van der Waals surface area contributed by atoms with Gasteiger partial charge in [0, 0.05) is 11.4 Å². The first kappa shape index (κ1) is 21.8. The first-order valence-electron chi connectivity index (χ1n) is 10.3. The highest BCUT2D eigenvalue weighted by molar-refractivity contribution is 6.31. The molecule has 2 aromatic carbocycles. The molecule has 156 valence electrons. The lowest BCUT2D eigenvalue weighted by Crippen LogP contribution is -2.14. The fourth-order valence-corrected chi connectivity index (χ4v) is 3.59. The lowest BCUT2D eigenvalue weighted by molar-refractivity contribution is -0.140. The van der Waals surface area contributed by atoms with Crippen LogP contribution in [0.2, 0.25) is 5.02 Å². The number of aryl methyl sites for hydroxylation is 1. The maximum Gasteiger partial charge on any atom is 0.310 e. The highest BCUT2D eigenvalue weighted by Crippen LogP contribution is 2.21. The highest BCUT2D eigenvalue weighted by atomic mass is 35.5. The average Bonchev–Trinajstić information content (AvgIpc) is 3.13. The number of hydrogen-bond acceptors (Lipinski definition) is 2. The molecule has 0 aliphatic carbocycles. The number of halogens is 1. The van der Waals surface area contributed by atoms with Crippen LogP contribution in [0.25, 0.3) is 6.08 Å². The van der Waals surface area contributed by atoms with Gasteiger partial charge >= 0.3 is 5.97 Å². The third-order valence-corrected chi connectivity index (χ3v) is 5.49. The van der Waals surface area contributed by atoms with E-state index in [1.807, 2.05) is 66.9 Å². The van der Waals surface area contributed by atoms with E-state index in [0.717, 1.165) is 46.9 Å². The molecule has 3 aromatic rings. The second-order valence-corrected chi connectivity index (χ2v) is 7.78. The lowest BCUT2D eigenvalue weighted by atomic mass is 9.99. The molecule has 0 radical (unpaired) electrons. The van der Waals surface area contributed by atoms with Gasteiger partial charge in [0.25, 0.3) is 0 Å². The van der Waals surface area contributed by atoms with Gasteiger partial charge in [0.05, 0.1) is 24.4 Å². The zero-order valence-electron chi connectivity index (χ0n) is 17.2. The summed E-state index contributed by atoms with van der Waals surface area (Å²) in [5.74, 6) is -0.444. The Hall–Kier alpha value is -2.85. The number of unbranched alkanes of at least 4 members (excludes halogenated alkanes) is 1. The van der Waals surface area contributed by atoms with E-state index in [0.29, 0.717) is 13.0 Å². The van der Waals surface area contributed by atoms with E-state index in [-0.39, 0.29) is 0 Å². The number of rotatable bonds is 10. The number of aliphatic carboxylic acids is 1. The molecule has 0 amide bonds. The predicted molar refractivity (Wildman–Crippen MR) is 122 cm³/mol. The molecule has 5 heteroatoms. The number of hydrogen-bond donors (Lipinski definition) is 1. The van der Waals surface area contributed by atoms with E-state index >= 15 is 0 Å². The summed E-state index contributed by atoms with van der Waals surface area (Å²) in [6.07, 6.45) is 8.92. The molecular weight excluding hydrogens is 396 g/mol. The fraction of sp³-hybridized carbons (Fsp3) is 0.280. The van der Waals surface area contributed by atoms with Crippen LogP contribution in [0.4, 0.5) is 0 Å². The molecule has 0 saturated carbocycles. The number of carbonyl (C=O) groups is 1. The Morgan fingerprint density at radius 2 is 1.90 bits per heavy atom. The van der Waals surface area contributed by atoms with Gasteiger partial charge in [-0.25, -0.2) is 4.98 Å². The minimum atomic E-state index is -0.835. The minimum Gasteiger partial charge on any atom is -0.481 e. The Balaban J connectivity index is 1.87. The van der Waals surface area contributed by atoms with Crippen molar-refractivity contribution in [3.05, 3.63) is 94.5 Å². The van der Waals surface area contributed by atoms with E-state index < -0.39 is 11.9 Å². The van der Waals surface area contributed by atoms with Crippen LogP contribution in [0.3, 0.4) is 0 Å². The molecule has 4 nitrogen and oxygen atoms in total. The van der Waals surface area contributed by atoms with Crippen molar-refractivity contribution in [3.8, 4) is 0 Å². The molecule has 3 rings (SSSR count). The van der Waals surface area contributed by atoms with Gasteiger partial charge in [0.15, 0.2) is 0 Å². The first-order valence-corrected chi connectivity index (χ1v) is 10.7. The van der Waals surface area contributed by atoms with Crippen molar-refractivity contribution in [3.63, 3.8) is 0 Å². The topological polar surface area (TPSA) is 55.1 Å². The Morgan fingerprint density at radius 1 is 1.17 bits per heavy atom. The molecule has 1 N–H and O–H groups in total. The normalized spacial score (nSPS) is 12.3. The van der Waals surface area contributed by atoms with Crippen LogP contribution in [0.5, 0.6) is 0 Å². The van der Waals surface area contributed by atoms with Crippen LogP contribution >= 0.6 is 11.6 Å². The van der Waals surface area contributed by atoms with Crippen molar-refractivity contribution in [1.29, 1.82) is 0 Å². The van der Waals surface area contributed by atoms with Gasteiger partial charge in [0.1, 0.15) is 5.82 Å². The molecule has 0 aliphatic rings. The molecular formula is C25H27ClN2O2. The van der Waals surface area contributed by atoms with Crippen molar-refractivity contribution in [2.45, 2.75) is 39.2 Å². The maximum absolute atomic E-state index is 11.8. The SMILES string of the molecule is CCCCc1ncc(/C=C/C(Cc2ccccc2)C(=O)O)n1Cc1ccccc1Cl. The summed E-state index contributed by atoms with van der Waals surface area (Å²) in [7, 11) is 0. The number of carboxylic acid groups (broad SMARTS) is 1. The first-order chi connectivity index (χ1) is 14.6. The minimum absolute atomic E-state index is 0.452. The number of imidazole rings is 1. The second kappa shape index (κ2) is 10.8. The second-order valence-electron chi connectivity index (χ2n) is 7.37. The summed E-state index contributed by atoms with van der Waals surface area (Å²) in [5, 5.41) is 10.4. The Bertz CT molecular complexity index is 995. The number of nitrogens with zero attached hydrogens (tertiary/aromatic N) is 2. The van der Waals surface area contributed by atoms with Crippen molar-refractivity contribution < 1.29 is 9.90 Å². The average molecular weight is 423 g/mol. The molecule has 0 aliphatic heterocycles. The summed E-state index contributed by atoms with van der Waals surface area (Å²) in [5.41, 5.74) is 2.91. The third-order valence-electron chi connectivity index (χ3n) is 5.12. The Kier molecular flexibility index (Phi) is 7.86. The predicted octanol–water partition coefficient (Wildman–Crippen LogP) is 5.88. The van der Waals surface area contributed by atoms with Crippen LogP contribution in [-0.2, 0) is 24.2 Å². The quantitative estimate of drug-likeness (QED) is 0.443. The van der Waals surface area contributed by atoms with E-state index in [9.17, 15) is 9.90 Å². The molecule has 0 bridgehead atoms. The zero-order valence-corrected chi connectivity index (χ0v) is 17.9. The molecule has 0 fully saturated rings. The van der Waals surface area contributed by atoms with Gasteiger partial charge < -0.3 is 9.67 Å². The summed E-state index contributed by atoms with van der Waals surface area (Å²) < 4.78 is 2.13. The van der Waals surface area contributed by atoms with Crippen LogP contribution in [0, 0.1) is 5.92 Å². The maximum atomic E-state index is 11.8. The number of benzene rings is 2. The van der Waals surface area contributed by atoms with Crippen molar-refractivity contribution in [2.24, 2.45) is 5.92 Å². The largest absolute Gasteiger partial charge is 0.481 e. The van der Waals surface area contributed by atoms with Gasteiger partial charge in [-0.05, 0) is 36.1 Å².